The minimum Gasteiger partial charge on any atom is -0.379 e. The zero-order valence-electron chi connectivity index (χ0n) is 16.8. The highest BCUT2D eigenvalue weighted by atomic mass is 32.2. The van der Waals surface area contributed by atoms with Gasteiger partial charge in [0.25, 0.3) is 10.0 Å². The van der Waals surface area contributed by atoms with Gasteiger partial charge in [-0.15, -0.1) is 11.3 Å². The molecule has 1 saturated heterocycles. The van der Waals surface area contributed by atoms with Gasteiger partial charge in [-0.3, -0.25) is 0 Å². The Morgan fingerprint density at radius 1 is 1.24 bits per heavy atom. The molecule has 1 aromatic heterocycles. The van der Waals surface area contributed by atoms with Gasteiger partial charge in [-0.2, -0.15) is 4.31 Å². The second-order valence-corrected chi connectivity index (χ2v) is 10.3. The third-order valence-electron chi connectivity index (χ3n) is 4.97. The summed E-state index contributed by atoms with van der Waals surface area (Å²) in [6, 6.07) is 11.6. The topological polar surface area (TPSA) is 97.0 Å². The number of nitrogens with zero attached hydrogens (tertiary/aromatic N) is 2. The number of thiophene rings is 1. The zero-order chi connectivity index (χ0) is 20.9. The van der Waals surface area contributed by atoms with E-state index in [1.165, 1.54) is 21.2 Å². The normalized spacial score (nSPS) is 17.2. The lowest BCUT2D eigenvalue weighted by atomic mass is 9.99. The van der Waals surface area contributed by atoms with Gasteiger partial charge in [0.2, 0.25) is 0 Å². The number of ether oxygens (including phenoxy) is 1. The number of benzene rings is 1. The fourth-order valence-electron chi connectivity index (χ4n) is 2.98. The molecule has 2 aromatic rings. The Labute approximate surface area is 176 Å². The summed E-state index contributed by atoms with van der Waals surface area (Å²) in [5.74, 6) is 0.823. The molecule has 1 aliphatic heterocycles. The van der Waals surface area contributed by atoms with Gasteiger partial charge in [0.15, 0.2) is 5.96 Å². The van der Waals surface area contributed by atoms with Crippen molar-refractivity contribution in [2.75, 3.05) is 31.6 Å². The van der Waals surface area contributed by atoms with Crippen molar-refractivity contribution >= 4 is 33.0 Å². The molecule has 3 N–H and O–H groups in total. The molecule has 2 heterocycles. The number of rotatable bonds is 7. The van der Waals surface area contributed by atoms with Gasteiger partial charge in [-0.25, -0.2) is 13.4 Å². The van der Waals surface area contributed by atoms with E-state index in [9.17, 15) is 8.42 Å². The van der Waals surface area contributed by atoms with Crippen molar-refractivity contribution in [3.63, 3.8) is 0 Å². The van der Waals surface area contributed by atoms with E-state index in [-0.39, 0.29) is 0 Å². The van der Waals surface area contributed by atoms with Crippen LogP contribution in [0.2, 0.25) is 0 Å². The number of sulfonamides is 1. The molecule has 0 aliphatic carbocycles. The number of morpholine rings is 1. The van der Waals surface area contributed by atoms with E-state index in [1.54, 1.807) is 12.1 Å². The molecular weight excluding hydrogens is 408 g/mol. The van der Waals surface area contributed by atoms with Crippen LogP contribution >= 0.6 is 11.3 Å². The Morgan fingerprint density at radius 3 is 2.59 bits per heavy atom. The van der Waals surface area contributed by atoms with E-state index in [0.29, 0.717) is 48.9 Å². The number of hydrogen-bond acceptors (Lipinski definition) is 5. The van der Waals surface area contributed by atoms with Crippen LogP contribution in [0.25, 0.3) is 0 Å². The summed E-state index contributed by atoms with van der Waals surface area (Å²) >= 11 is 1.23. The molecule has 0 spiro atoms. The van der Waals surface area contributed by atoms with Crippen molar-refractivity contribution in [2.24, 2.45) is 10.7 Å². The predicted octanol–water partition coefficient (Wildman–Crippen LogP) is 3.21. The predicted molar refractivity (Wildman–Crippen MR) is 118 cm³/mol. The molecular formula is C20H28N4O3S2. The average molecular weight is 437 g/mol. The highest BCUT2D eigenvalue weighted by Crippen LogP contribution is 2.26. The van der Waals surface area contributed by atoms with Crippen molar-refractivity contribution in [1.29, 1.82) is 0 Å². The minimum absolute atomic E-state index is 0.298. The van der Waals surface area contributed by atoms with E-state index in [2.05, 4.69) is 36.3 Å². The van der Waals surface area contributed by atoms with E-state index in [1.807, 2.05) is 12.1 Å². The fraction of sp³-hybridized carbons (Fsp3) is 0.450. The highest BCUT2D eigenvalue weighted by molar-refractivity contribution is 7.91. The molecule has 9 heteroatoms. The molecule has 7 nitrogen and oxygen atoms in total. The molecule has 3 rings (SSSR count). The van der Waals surface area contributed by atoms with Crippen LogP contribution in [0, 0.1) is 0 Å². The van der Waals surface area contributed by atoms with Crippen molar-refractivity contribution in [3.8, 4) is 0 Å². The maximum absolute atomic E-state index is 12.7. The SMILES string of the molecule is CCC(C)c1ccc(NC(N)=NCc2ccc(S(=O)(=O)N3CCOCC3)s2)cc1. The maximum Gasteiger partial charge on any atom is 0.252 e. The summed E-state index contributed by atoms with van der Waals surface area (Å²) in [6.45, 7) is 6.34. The smallest absolute Gasteiger partial charge is 0.252 e. The van der Waals surface area contributed by atoms with Gasteiger partial charge in [-0.1, -0.05) is 26.0 Å². The average Bonchev–Trinajstić information content (AvgIpc) is 3.23. The number of nitrogens with one attached hydrogen (secondary N) is 1. The number of hydrogen-bond donors (Lipinski definition) is 2. The molecule has 158 valence electrons. The van der Waals surface area contributed by atoms with Crippen molar-refractivity contribution in [2.45, 2.75) is 36.9 Å². The van der Waals surface area contributed by atoms with Gasteiger partial charge in [0, 0.05) is 23.7 Å². The van der Waals surface area contributed by atoms with Crippen LogP contribution in [-0.4, -0.2) is 45.0 Å². The first-order valence-electron chi connectivity index (χ1n) is 9.73. The monoisotopic (exact) mass is 436 g/mol. The number of guanidine groups is 1. The molecule has 1 fully saturated rings. The third kappa shape index (κ3) is 5.57. The van der Waals surface area contributed by atoms with Gasteiger partial charge < -0.3 is 15.8 Å². The van der Waals surface area contributed by atoms with Crippen molar-refractivity contribution in [1.82, 2.24) is 4.31 Å². The van der Waals surface area contributed by atoms with E-state index in [4.69, 9.17) is 10.5 Å². The first-order valence-corrected chi connectivity index (χ1v) is 12.0. The third-order valence-corrected chi connectivity index (χ3v) is 8.41. The second-order valence-electron chi connectivity index (χ2n) is 6.99. The minimum atomic E-state index is -3.47. The lowest BCUT2D eigenvalue weighted by Gasteiger charge is -2.25. The lowest BCUT2D eigenvalue weighted by Crippen LogP contribution is -2.40. The molecule has 0 radical (unpaired) electrons. The first-order chi connectivity index (χ1) is 13.9. The van der Waals surface area contributed by atoms with Gasteiger partial charge in [-0.05, 0) is 42.2 Å². The Morgan fingerprint density at radius 2 is 1.93 bits per heavy atom. The summed E-state index contributed by atoms with van der Waals surface area (Å²) in [5.41, 5.74) is 8.16. The Kier molecular flexibility index (Phi) is 7.28. The molecule has 1 aliphatic rings. The first kappa shape index (κ1) is 21.8. The van der Waals surface area contributed by atoms with Gasteiger partial charge in [0.05, 0.1) is 19.8 Å². The van der Waals surface area contributed by atoms with Crippen LogP contribution in [0.15, 0.2) is 45.6 Å². The second kappa shape index (κ2) is 9.71. The van der Waals surface area contributed by atoms with Crippen LogP contribution in [0.4, 0.5) is 5.69 Å². The van der Waals surface area contributed by atoms with Crippen molar-refractivity contribution < 1.29 is 13.2 Å². The number of anilines is 1. The molecule has 1 aromatic carbocycles. The molecule has 1 unspecified atom stereocenters. The van der Waals surface area contributed by atoms with Gasteiger partial charge in [0.1, 0.15) is 4.21 Å². The summed E-state index contributed by atoms with van der Waals surface area (Å²) in [6.07, 6.45) is 1.10. The zero-order valence-corrected chi connectivity index (χ0v) is 18.4. The highest BCUT2D eigenvalue weighted by Gasteiger charge is 2.27. The van der Waals surface area contributed by atoms with Crippen LogP contribution in [-0.2, 0) is 21.3 Å². The van der Waals surface area contributed by atoms with E-state index < -0.39 is 10.0 Å². The van der Waals surface area contributed by atoms with Gasteiger partial charge >= 0.3 is 0 Å². The molecule has 29 heavy (non-hydrogen) atoms. The van der Waals surface area contributed by atoms with Crippen molar-refractivity contribution in [3.05, 3.63) is 46.8 Å². The largest absolute Gasteiger partial charge is 0.379 e. The Bertz CT molecular complexity index is 933. The number of aliphatic imine (C=N–C) groups is 1. The summed E-state index contributed by atoms with van der Waals surface area (Å²) in [4.78, 5) is 5.18. The van der Waals surface area contributed by atoms with E-state index in [0.717, 1.165) is 17.0 Å². The summed E-state index contributed by atoms with van der Waals surface area (Å²) in [7, 11) is -3.47. The fourth-order valence-corrected chi connectivity index (χ4v) is 5.82. The molecule has 0 bridgehead atoms. The van der Waals surface area contributed by atoms with Crippen LogP contribution in [0.1, 0.15) is 36.6 Å². The van der Waals surface area contributed by atoms with Crippen LogP contribution < -0.4 is 11.1 Å². The number of nitrogens with two attached hydrogens (primary N) is 1. The quantitative estimate of drug-likeness (QED) is 0.513. The maximum atomic E-state index is 12.7. The van der Waals surface area contributed by atoms with E-state index >= 15 is 0 Å². The molecule has 0 saturated carbocycles. The lowest BCUT2D eigenvalue weighted by molar-refractivity contribution is 0.0731. The summed E-state index contributed by atoms with van der Waals surface area (Å²) < 4.78 is 32.4. The molecule has 1 atom stereocenters. The molecule has 0 amide bonds. The Hall–Kier alpha value is -1.94. The standard InChI is InChI=1S/C20H28N4O3S2/c1-3-15(2)16-4-6-17(7-5-16)23-20(21)22-14-18-8-9-19(28-18)29(25,26)24-10-12-27-13-11-24/h4-9,15H,3,10-14H2,1-2H3,(H3,21,22,23). The van der Waals surface area contributed by atoms with Crippen LogP contribution in [0.3, 0.4) is 0 Å². The van der Waals surface area contributed by atoms with Crippen LogP contribution in [0.5, 0.6) is 0 Å². The summed E-state index contributed by atoms with van der Waals surface area (Å²) in [5, 5.41) is 3.08. The Balaban J connectivity index is 1.60.